The lowest BCUT2D eigenvalue weighted by molar-refractivity contribution is 0.0765. The van der Waals surface area contributed by atoms with Gasteiger partial charge in [0.1, 0.15) is 0 Å². The van der Waals surface area contributed by atoms with Crippen molar-refractivity contribution in [1.82, 2.24) is 10.2 Å². The summed E-state index contributed by atoms with van der Waals surface area (Å²) >= 11 is 0. The minimum Gasteiger partial charge on any atom is -0.310 e. The van der Waals surface area contributed by atoms with Crippen LogP contribution in [-0.4, -0.2) is 35.6 Å². The van der Waals surface area contributed by atoms with E-state index in [1.807, 2.05) is 0 Å². The standard InChI is InChI=1S/C15H28N2/c1-14(2,13-6-7-13)17-11-5-10-16-15(12-17)8-3-4-9-15/h13,16H,3-12H2,1-2H3. The van der Waals surface area contributed by atoms with Gasteiger partial charge in [-0.15, -0.1) is 0 Å². The van der Waals surface area contributed by atoms with E-state index in [9.17, 15) is 0 Å². The van der Waals surface area contributed by atoms with E-state index in [-0.39, 0.29) is 0 Å². The molecule has 1 saturated heterocycles. The Bertz CT molecular complexity index is 275. The summed E-state index contributed by atoms with van der Waals surface area (Å²) in [4.78, 5) is 2.82. The van der Waals surface area contributed by atoms with Crippen molar-refractivity contribution >= 4 is 0 Å². The molecule has 2 aliphatic carbocycles. The van der Waals surface area contributed by atoms with E-state index in [1.54, 1.807) is 0 Å². The van der Waals surface area contributed by atoms with Crippen LogP contribution in [-0.2, 0) is 0 Å². The molecule has 0 unspecified atom stereocenters. The topological polar surface area (TPSA) is 15.3 Å². The van der Waals surface area contributed by atoms with E-state index in [2.05, 4.69) is 24.1 Å². The highest BCUT2D eigenvalue weighted by molar-refractivity contribution is 5.03. The van der Waals surface area contributed by atoms with Crippen molar-refractivity contribution < 1.29 is 0 Å². The van der Waals surface area contributed by atoms with E-state index in [4.69, 9.17) is 0 Å². The van der Waals surface area contributed by atoms with Gasteiger partial charge in [0, 0.05) is 17.6 Å². The van der Waals surface area contributed by atoms with Gasteiger partial charge in [-0.2, -0.15) is 0 Å². The van der Waals surface area contributed by atoms with Crippen molar-refractivity contribution in [2.75, 3.05) is 19.6 Å². The molecule has 3 aliphatic rings. The molecule has 0 aromatic rings. The first-order chi connectivity index (χ1) is 8.12. The quantitative estimate of drug-likeness (QED) is 0.793. The molecule has 0 atom stereocenters. The first-order valence-electron chi connectivity index (χ1n) is 7.63. The summed E-state index contributed by atoms with van der Waals surface area (Å²) < 4.78 is 0. The first-order valence-corrected chi connectivity index (χ1v) is 7.63. The normalized spacial score (nSPS) is 30.7. The van der Waals surface area contributed by atoms with Crippen molar-refractivity contribution in [3.8, 4) is 0 Å². The Morgan fingerprint density at radius 2 is 1.82 bits per heavy atom. The Morgan fingerprint density at radius 3 is 2.47 bits per heavy atom. The highest BCUT2D eigenvalue weighted by atomic mass is 15.2. The summed E-state index contributed by atoms with van der Waals surface area (Å²) in [6, 6.07) is 0. The Balaban J connectivity index is 1.75. The molecule has 17 heavy (non-hydrogen) atoms. The van der Waals surface area contributed by atoms with Gasteiger partial charge < -0.3 is 5.32 Å². The van der Waals surface area contributed by atoms with Crippen LogP contribution in [0.25, 0.3) is 0 Å². The molecule has 3 rings (SSSR count). The maximum atomic E-state index is 3.88. The van der Waals surface area contributed by atoms with Gasteiger partial charge >= 0.3 is 0 Å². The smallest absolute Gasteiger partial charge is 0.0309 e. The molecule has 2 saturated carbocycles. The minimum absolute atomic E-state index is 0.446. The monoisotopic (exact) mass is 236 g/mol. The number of hydrogen-bond donors (Lipinski definition) is 1. The molecular formula is C15H28N2. The zero-order valence-electron chi connectivity index (χ0n) is 11.6. The molecule has 1 heterocycles. The van der Waals surface area contributed by atoms with E-state index >= 15 is 0 Å². The molecule has 3 fully saturated rings. The lowest BCUT2D eigenvalue weighted by atomic mass is 9.91. The van der Waals surface area contributed by atoms with Crippen molar-refractivity contribution in [3.05, 3.63) is 0 Å². The lowest BCUT2D eigenvalue weighted by Crippen LogP contribution is -2.55. The van der Waals surface area contributed by atoms with Crippen LogP contribution < -0.4 is 5.32 Å². The second-order valence-electron chi connectivity index (χ2n) is 7.12. The SMILES string of the molecule is CC(C)(C1CC1)N1CCCNC2(CCCC2)C1. The maximum Gasteiger partial charge on any atom is 0.0309 e. The van der Waals surface area contributed by atoms with Crippen LogP contribution in [0.3, 0.4) is 0 Å². The van der Waals surface area contributed by atoms with Crippen LogP contribution >= 0.6 is 0 Å². The molecule has 0 aromatic heterocycles. The Morgan fingerprint density at radius 1 is 1.12 bits per heavy atom. The van der Waals surface area contributed by atoms with Crippen LogP contribution in [0.4, 0.5) is 0 Å². The third kappa shape index (κ3) is 2.26. The Labute approximate surface area is 106 Å². The predicted molar refractivity (Wildman–Crippen MR) is 72.2 cm³/mol. The molecule has 2 heteroatoms. The molecule has 1 spiro atoms. The van der Waals surface area contributed by atoms with Crippen molar-refractivity contribution in [2.45, 2.75) is 69.9 Å². The third-order valence-electron chi connectivity index (χ3n) is 5.55. The molecule has 0 bridgehead atoms. The van der Waals surface area contributed by atoms with Gasteiger partial charge in [-0.25, -0.2) is 0 Å². The van der Waals surface area contributed by atoms with E-state index in [0.717, 1.165) is 5.92 Å². The summed E-state index contributed by atoms with van der Waals surface area (Å²) in [5.41, 5.74) is 0.921. The zero-order chi connectivity index (χ0) is 11.9. The molecule has 1 aliphatic heterocycles. The molecule has 2 nitrogen and oxygen atoms in total. The minimum atomic E-state index is 0.446. The molecule has 0 aromatic carbocycles. The van der Waals surface area contributed by atoms with E-state index < -0.39 is 0 Å². The van der Waals surface area contributed by atoms with Gasteiger partial charge in [0.25, 0.3) is 0 Å². The number of hydrogen-bond acceptors (Lipinski definition) is 2. The largest absolute Gasteiger partial charge is 0.310 e. The van der Waals surface area contributed by atoms with Crippen LogP contribution in [0.5, 0.6) is 0 Å². The van der Waals surface area contributed by atoms with E-state index in [0.29, 0.717) is 11.1 Å². The third-order valence-corrected chi connectivity index (χ3v) is 5.55. The summed E-state index contributed by atoms with van der Waals surface area (Å²) in [6.07, 6.45) is 9.94. The maximum absolute atomic E-state index is 3.88. The second-order valence-corrected chi connectivity index (χ2v) is 7.12. The van der Waals surface area contributed by atoms with Crippen LogP contribution in [0.2, 0.25) is 0 Å². The average molecular weight is 236 g/mol. The fourth-order valence-electron chi connectivity index (χ4n) is 4.05. The van der Waals surface area contributed by atoms with Crippen LogP contribution in [0, 0.1) is 5.92 Å². The summed E-state index contributed by atoms with van der Waals surface area (Å²) in [5, 5.41) is 3.88. The highest BCUT2D eigenvalue weighted by Gasteiger charge is 2.46. The van der Waals surface area contributed by atoms with Crippen LogP contribution in [0.15, 0.2) is 0 Å². The van der Waals surface area contributed by atoms with Gasteiger partial charge in [0.2, 0.25) is 0 Å². The second kappa shape index (κ2) is 4.24. The first kappa shape index (κ1) is 12.0. The predicted octanol–water partition coefficient (Wildman–Crippen LogP) is 2.78. The molecule has 0 amide bonds. The van der Waals surface area contributed by atoms with Gasteiger partial charge in [-0.1, -0.05) is 12.8 Å². The summed E-state index contributed by atoms with van der Waals surface area (Å²) in [6.45, 7) is 8.81. The Hall–Kier alpha value is -0.0800. The van der Waals surface area contributed by atoms with Gasteiger partial charge in [-0.05, 0) is 65.0 Å². The molecular weight excluding hydrogens is 208 g/mol. The lowest BCUT2D eigenvalue weighted by Gasteiger charge is -2.43. The van der Waals surface area contributed by atoms with Gasteiger partial charge in [0.15, 0.2) is 0 Å². The number of rotatable bonds is 2. The number of nitrogens with zero attached hydrogens (tertiary/aromatic N) is 1. The van der Waals surface area contributed by atoms with Gasteiger partial charge in [0.05, 0.1) is 0 Å². The summed E-state index contributed by atoms with van der Waals surface area (Å²) in [5.74, 6) is 0.971. The van der Waals surface area contributed by atoms with Crippen molar-refractivity contribution in [2.24, 2.45) is 5.92 Å². The zero-order valence-corrected chi connectivity index (χ0v) is 11.6. The van der Waals surface area contributed by atoms with Crippen molar-refractivity contribution in [3.63, 3.8) is 0 Å². The summed E-state index contributed by atoms with van der Waals surface area (Å²) in [7, 11) is 0. The molecule has 1 N–H and O–H groups in total. The Kier molecular flexibility index (Phi) is 2.99. The fourth-order valence-corrected chi connectivity index (χ4v) is 4.05. The van der Waals surface area contributed by atoms with E-state index in [1.165, 1.54) is 64.6 Å². The van der Waals surface area contributed by atoms with Crippen molar-refractivity contribution in [1.29, 1.82) is 0 Å². The number of nitrogens with one attached hydrogen (secondary N) is 1. The fraction of sp³-hybridized carbons (Fsp3) is 1.00. The average Bonchev–Trinajstić information content (AvgIpc) is 3.06. The highest BCUT2D eigenvalue weighted by Crippen LogP contribution is 2.44. The van der Waals surface area contributed by atoms with Crippen LogP contribution in [0.1, 0.15) is 58.8 Å². The molecule has 98 valence electrons. The van der Waals surface area contributed by atoms with Gasteiger partial charge in [-0.3, -0.25) is 4.90 Å². The molecule has 0 radical (unpaired) electrons.